The molecule has 1 saturated heterocycles. The summed E-state index contributed by atoms with van der Waals surface area (Å²) >= 11 is 0. The summed E-state index contributed by atoms with van der Waals surface area (Å²) in [5.74, 6) is 1.18. The van der Waals surface area contributed by atoms with Gasteiger partial charge in [-0.2, -0.15) is 0 Å². The molecule has 2 aromatic carbocycles. The maximum absolute atomic E-state index is 12.6. The highest BCUT2D eigenvalue weighted by Gasteiger charge is 2.22. The van der Waals surface area contributed by atoms with Crippen LogP contribution in [0.5, 0.6) is 11.5 Å². The Kier molecular flexibility index (Phi) is 5.98. The molecule has 9 nitrogen and oxygen atoms in total. The largest absolute Gasteiger partial charge is 0.454 e. The SMILES string of the molecule is O=S(=O)(NCc1ccc2c(c1)OCO2)c1ccc(S(=O)(=O)NC[C@H]2CCCO2)cc1. The molecule has 2 aliphatic heterocycles. The molecule has 2 N–H and O–H groups in total. The first-order valence-corrected chi connectivity index (χ1v) is 12.4. The van der Waals surface area contributed by atoms with Crippen LogP contribution in [-0.2, 0) is 31.3 Å². The van der Waals surface area contributed by atoms with Crippen molar-refractivity contribution in [3.63, 3.8) is 0 Å². The zero-order valence-corrected chi connectivity index (χ0v) is 17.7. The molecule has 0 radical (unpaired) electrons. The van der Waals surface area contributed by atoms with Gasteiger partial charge in [0.15, 0.2) is 11.5 Å². The fourth-order valence-corrected chi connectivity index (χ4v) is 5.29. The van der Waals surface area contributed by atoms with Crippen molar-refractivity contribution in [1.29, 1.82) is 0 Å². The molecule has 1 atom stereocenters. The third-order valence-electron chi connectivity index (χ3n) is 4.87. The molecule has 0 aromatic heterocycles. The Balaban J connectivity index is 1.39. The van der Waals surface area contributed by atoms with Crippen LogP contribution in [0, 0.1) is 0 Å². The van der Waals surface area contributed by atoms with Gasteiger partial charge in [0.05, 0.1) is 15.9 Å². The summed E-state index contributed by atoms with van der Waals surface area (Å²) in [5, 5.41) is 0. The molecule has 11 heteroatoms. The second kappa shape index (κ2) is 8.52. The lowest BCUT2D eigenvalue weighted by Gasteiger charge is -2.12. The van der Waals surface area contributed by atoms with Gasteiger partial charge in [-0.25, -0.2) is 26.3 Å². The number of rotatable bonds is 8. The van der Waals surface area contributed by atoms with E-state index in [9.17, 15) is 16.8 Å². The van der Waals surface area contributed by atoms with Gasteiger partial charge in [0, 0.05) is 19.7 Å². The number of hydrogen-bond donors (Lipinski definition) is 2. The number of sulfonamides is 2. The summed E-state index contributed by atoms with van der Waals surface area (Å²) in [6, 6.07) is 10.2. The van der Waals surface area contributed by atoms with Crippen molar-refractivity contribution in [2.24, 2.45) is 0 Å². The molecular weight excluding hydrogens is 432 g/mol. The highest BCUT2D eigenvalue weighted by atomic mass is 32.2. The average molecular weight is 455 g/mol. The van der Waals surface area contributed by atoms with E-state index in [1.165, 1.54) is 24.3 Å². The normalized spacial score (nSPS) is 18.6. The van der Waals surface area contributed by atoms with E-state index in [2.05, 4.69) is 9.44 Å². The van der Waals surface area contributed by atoms with E-state index in [4.69, 9.17) is 14.2 Å². The summed E-state index contributed by atoms with van der Waals surface area (Å²) in [6.45, 7) is 1.03. The van der Waals surface area contributed by atoms with E-state index in [0.29, 0.717) is 23.7 Å². The number of benzene rings is 2. The zero-order valence-electron chi connectivity index (χ0n) is 16.0. The van der Waals surface area contributed by atoms with Crippen molar-refractivity contribution < 1.29 is 31.0 Å². The second-order valence-electron chi connectivity index (χ2n) is 6.97. The van der Waals surface area contributed by atoms with Crippen LogP contribution in [-0.4, -0.2) is 42.9 Å². The van der Waals surface area contributed by atoms with Crippen LogP contribution in [0.3, 0.4) is 0 Å². The molecule has 0 aliphatic carbocycles. The van der Waals surface area contributed by atoms with E-state index < -0.39 is 20.0 Å². The van der Waals surface area contributed by atoms with Crippen molar-refractivity contribution in [3.05, 3.63) is 48.0 Å². The summed E-state index contributed by atoms with van der Waals surface area (Å²) in [5.41, 5.74) is 0.709. The molecule has 1 fully saturated rings. The lowest BCUT2D eigenvalue weighted by atomic mass is 10.2. The van der Waals surface area contributed by atoms with Gasteiger partial charge in [0.2, 0.25) is 26.8 Å². The molecular formula is C19H22N2O7S2. The highest BCUT2D eigenvalue weighted by Crippen LogP contribution is 2.32. The van der Waals surface area contributed by atoms with Crippen molar-refractivity contribution >= 4 is 20.0 Å². The molecule has 2 aromatic rings. The van der Waals surface area contributed by atoms with Crippen molar-refractivity contribution in [3.8, 4) is 11.5 Å². The summed E-state index contributed by atoms with van der Waals surface area (Å²) < 4.78 is 70.8. The Morgan fingerprint density at radius 3 is 2.20 bits per heavy atom. The standard InChI is InChI=1S/C19H22N2O7S2/c22-29(23,20-11-14-3-8-18-19(10-14)28-13-27-18)16-4-6-17(7-5-16)30(24,25)21-12-15-2-1-9-26-15/h3-8,10,15,20-21H,1-2,9,11-13H2/t15-/m1/s1. The number of fused-ring (bicyclic) bond motifs is 1. The average Bonchev–Trinajstić information content (AvgIpc) is 3.42. The fourth-order valence-electron chi connectivity index (χ4n) is 3.20. The van der Waals surface area contributed by atoms with E-state index in [1.54, 1.807) is 18.2 Å². The number of hydrogen-bond acceptors (Lipinski definition) is 7. The van der Waals surface area contributed by atoms with Crippen LogP contribution in [0.15, 0.2) is 52.3 Å². The minimum Gasteiger partial charge on any atom is -0.454 e. The van der Waals surface area contributed by atoms with Crippen LogP contribution in [0.4, 0.5) is 0 Å². The van der Waals surface area contributed by atoms with Crippen molar-refractivity contribution in [1.82, 2.24) is 9.44 Å². The highest BCUT2D eigenvalue weighted by molar-refractivity contribution is 7.90. The molecule has 162 valence electrons. The molecule has 2 heterocycles. The first-order valence-electron chi connectivity index (χ1n) is 9.43. The van der Waals surface area contributed by atoms with E-state index in [0.717, 1.165) is 12.8 Å². The van der Waals surface area contributed by atoms with Crippen LogP contribution in [0.25, 0.3) is 0 Å². The van der Waals surface area contributed by atoms with Gasteiger partial charge in [-0.3, -0.25) is 0 Å². The predicted octanol–water partition coefficient (Wildman–Crippen LogP) is 1.35. The molecule has 30 heavy (non-hydrogen) atoms. The maximum atomic E-state index is 12.6. The third kappa shape index (κ3) is 4.76. The van der Waals surface area contributed by atoms with Crippen LogP contribution in [0.2, 0.25) is 0 Å². The van der Waals surface area contributed by atoms with Crippen molar-refractivity contribution in [2.45, 2.75) is 35.3 Å². The molecule has 2 aliphatic rings. The van der Waals surface area contributed by atoms with Gasteiger partial charge in [-0.15, -0.1) is 0 Å². The van der Waals surface area contributed by atoms with Gasteiger partial charge < -0.3 is 14.2 Å². The number of nitrogens with one attached hydrogen (secondary N) is 2. The van der Waals surface area contributed by atoms with Crippen molar-refractivity contribution in [2.75, 3.05) is 19.9 Å². The Morgan fingerprint density at radius 2 is 1.53 bits per heavy atom. The summed E-state index contributed by atoms with van der Waals surface area (Å²) in [7, 11) is -7.56. The molecule has 0 bridgehead atoms. The van der Waals surface area contributed by atoms with Crippen LogP contribution < -0.4 is 18.9 Å². The minimum absolute atomic E-state index is 0.00443. The third-order valence-corrected chi connectivity index (χ3v) is 7.73. The van der Waals surface area contributed by atoms with Crippen LogP contribution >= 0.6 is 0 Å². The molecule has 0 unspecified atom stereocenters. The maximum Gasteiger partial charge on any atom is 0.240 e. The van der Waals surface area contributed by atoms with E-state index in [1.807, 2.05) is 0 Å². The Hall–Kier alpha value is -2.18. The van der Waals surface area contributed by atoms with Gasteiger partial charge in [-0.1, -0.05) is 6.07 Å². The lowest BCUT2D eigenvalue weighted by molar-refractivity contribution is 0.114. The first-order chi connectivity index (χ1) is 14.3. The lowest BCUT2D eigenvalue weighted by Crippen LogP contribution is -2.31. The topological polar surface area (TPSA) is 120 Å². The van der Waals surface area contributed by atoms with E-state index in [-0.39, 0.29) is 35.8 Å². The minimum atomic E-state index is -3.82. The van der Waals surface area contributed by atoms with Gasteiger partial charge >= 0.3 is 0 Å². The molecule has 0 spiro atoms. The summed E-state index contributed by atoms with van der Waals surface area (Å²) in [4.78, 5) is -0.0310. The predicted molar refractivity (Wildman–Crippen MR) is 107 cm³/mol. The van der Waals surface area contributed by atoms with Gasteiger partial charge in [0.25, 0.3) is 0 Å². The Labute approximate surface area is 175 Å². The monoisotopic (exact) mass is 454 g/mol. The van der Waals surface area contributed by atoms with Gasteiger partial charge in [-0.05, 0) is 54.8 Å². The summed E-state index contributed by atoms with van der Waals surface area (Å²) in [6.07, 6.45) is 1.60. The Morgan fingerprint density at radius 1 is 0.867 bits per heavy atom. The van der Waals surface area contributed by atoms with Gasteiger partial charge in [0.1, 0.15) is 0 Å². The first kappa shape index (κ1) is 21.1. The van der Waals surface area contributed by atoms with E-state index >= 15 is 0 Å². The molecule has 0 amide bonds. The quantitative estimate of drug-likeness (QED) is 0.618. The number of ether oxygens (including phenoxy) is 3. The molecule has 4 rings (SSSR count). The zero-order chi connectivity index (χ0) is 21.2. The second-order valence-corrected chi connectivity index (χ2v) is 10.5. The Bertz CT molecular complexity index is 1110. The fraction of sp³-hybridized carbons (Fsp3) is 0.368. The smallest absolute Gasteiger partial charge is 0.240 e. The molecule has 0 saturated carbocycles. The van der Waals surface area contributed by atoms with Crippen LogP contribution in [0.1, 0.15) is 18.4 Å².